The molecule has 2 nitrogen and oxygen atoms in total. The standard InChI is InChI=1S/C17H16FNOS/c18-13-6-8-14(9-7-13)21-11-17(20)19-16-10-5-12-3-1-2-4-15(12)16/h1-4,6-9,16H,5,10-11H2,(H,19,20). The summed E-state index contributed by atoms with van der Waals surface area (Å²) in [6.07, 6.45) is 1.98. The third-order valence-corrected chi connectivity index (χ3v) is 4.66. The molecule has 4 heteroatoms. The summed E-state index contributed by atoms with van der Waals surface area (Å²) in [6.45, 7) is 0. The maximum Gasteiger partial charge on any atom is 0.230 e. The zero-order valence-electron chi connectivity index (χ0n) is 11.5. The van der Waals surface area contributed by atoms with Crippen LogP contribution in [0.4, 0.5) is 4.39 Å². The molecular formula is C17H16FNOS. The molecule has 0 saturated heterocycles. The second kappa shape index (κ2) is 6.31. The van der Waals surface area contributed by atoms with Crippen molar-refractivity contribution in [3.8, 4) is 0 Å². The lowest BCUT2D eigenvalue weighted by Crippen LogP contribution is -2.28. The average Bonchev–Trinajstić information content (AvgIpc) is 2.90. The molecule has 0 bridgehead atoms. The normalized spacial score (nSPS) is 16.5. The lowest BCUT2D eigenvalue weighted by Gasteiger charge is -2.14. The highest BCUT2D eigenvalue weighted by Crippen LogP contribution is 2.30. The van der Waals surface area contributed by atoms with Crippen LogP contribution in [0.3, 0.4) is 0 Å². The Hall–Kier alpha value is -1.81. The molecule has 1 aliphatic rings. The third-order valence-electron chi connectivity index (χ3n) is 3.65. The highest BCUT2D eigenvalue weighted by molar-refractivity contribution is 8.00. The number of aryl methyl sites for hydroxylation is 1. The molecule has 1 amide bonds. The smallest absolute Gasteiger partial charge is 0.230 e. The van der Waals surface area contributed by atoms with Gasteiger partial charge in [0.2, 0.25) is 5.91 Å². The maximum atomic E-state index is 12.8. The van der Waals surface area contributed by atoms with Crippen molar-refractivity contribution in [1.29, 1.82) is 0 Å². The minimum atomic E-state index is -0.258. The number of fused-ring (bicyclic) bond motifs is 1. The van der Waals surface area contributed by atoms with E-state index in [0.717, 1.165) is 17.7 Å². The van der Waals surface area contributed by atoms with Gasteiger partial charge in [-0.3, -0.25) is 4.79 Å². The Labute approximate surface area is 127 Å². The Morgan fingerprint density at radius 2 is 1.95 bits per heavy atom. The molecule has 1 aliphatic carbocycles. The van der Waals surface area contributed by atoms with Crippen molar-refractivity contribution in [2.75, 3.05) is 5.75 Å². The van der Waals surface area contributed by atoms with Gasteiger partial charge in [0.1, 0.15) is 5.82 Å². The first kappa shape index (κ1) is 14.1. The van der Waals surface area contributed by atoms with Crippen molar-refractivity contribution in [2.24, 2.45) is 0 Å². The summed E-state index contributed by atoms with van der Waals surface area (Å²) in [5, 5.41) is 3.08. The van der Waals surface area contributed by atoms with Gasteiger partial charge in [0.05, 0.1) is 11.8 Å². The van der Waals surface area contributed by atoms with E-state index in [1.54, 1.807) is 12.1 Å². The molecule has 3 rings (SSSR count). The van der Waals surface area contributed by atoms with Gasteiger partial charge in [-0.25, -0.2) is 4.39 Å². The van der Waals surface area contributed by atoms with Crippen molar-refractivity contribution in [1.82, 2.24) is 5.32 Å². The van der Waals surface area contributed by atoms with Crippen molar-refractivity contribution in [2.45, 2.75) is 23.8 Å². The van der Waals surface area contributed by atoms with Crippen LogP contribution < -0.4 is 5.32 Å². The molecule has 0 aromatic heterocycles. The van der Waals surface area contributed by atoms with E-state index in [9.17, 15) is 9.18 Å². The minimum absolute atomic E-state index is 0.0195. The summed E-state index contributed by atoms with van der Waals surface area (Å²) in [5.41, 5.74) is 2.56. The topological polar surface area (TPSA) is 29.1 Å². The SMILES string of the molecule is O=C(CSc1ccc(F)cc1)NC1CCc2ccccc21. The van der Waals surface area contributed by atoms with E-state index in [1.165, 1.54) is 35.0 Å². The Balaban J connectivity index is 1.54. The van der Waals surface area contributed by atoms with E-state index in [0.29, 0.717) is 5.75 Å². The van der Waals surface area contributed by atoms with Crippen molar-refractivity contribution >= 4 is 17.7 Å². The van der Waals surface area contributed by atoms with Gasteiger partial charge in [0.15, 0.2) is 0 Å². The molecule has 0 heterocycles. The van der Waals surface area contributed by atoms with Crippen molar-refractivity contribution in [3.05, 3.63) is 65.5 Å². The number of thioether (sulfide) groups is 1. The summed E-state index contributed by atoms with van der Waals surface area (Å²) < 4.78 is 12.8. The summed E-state index contributed by atoms with van der Waals surface area (Å²) in [7, 11) is 0. The average molecular weight is 301 g/mol. The van der Waals surface area contributed by atoms with Gasteiger partial charge >= 0.3 is 0 Å². The zero-order valence-corrected chi connectivity index (χ0v) is 12.3. The predicted octanol–water partition coefficient (Wildman–Crippen LogP) is 3.72. The van der Waals surface area contributed by atoms with Crippen molar-refractivity contribution < 1.29 is 9.18 Å². The van der Waals surface area contributed by atoms with Crippen LogP contribution in [0.25, 0.3) is 0 Å². The van der Waals surface area contributed by atoms with Gasteiger partial charge in [-0.1, -0.05) is 24.3 Å². The third kappa shape index (κ3) is 3.45. The molecule has 0 radical (unpaired) electrons. The largest absolute Gasteiger partial charge is 0.349 e. The Kier molecular flexibility index (Phi) is 4.25. The molecular weight excluding hydrogens is 285 g/mol. The highest BCUT2D eigenvalue weighted by Gasteiger charge is 2.23. The van der Waals surface area contributed by atoms with E-state index in [1.807, 2.05) is 12.1 Å². The fourth-order valence-electron chi connectivity index (χ4n) is 2.62. The van der Waals surface area contributed by atoms with Gasteiger partial charge in [0, 0.05) is 4.90 Å². The van der Waals surface area contributed by atoms with Crippen LogP contribution in [-0.2, 0) is 11.2 Å². The van der Waals surface area contributed by atoms with Crippen LogP contribution in [0.5, 0.6) is 0 Å². The van der Waals surface area contributed by atoms with Crippen molar-refractivity contribution in [3.63, 3.8) is 0 Å². The number of carbonyl (C=O) groups is 1. The van der Waals surface area contributed by atoms with Gasteiger partial charge in [0.25, 0.3) is 0 Å². The lowest BCUT2D eigenvalue weighted by atomic mass is 10.1. The summed E-state index contributed by atoms with van der Waals surface area (Å²) in [5.74, 6) is 0.113. The molecule has 0 fully saturated rings. The number of nitrogens with one attached hydrogen (secondary N) is 1. The lowest BCUT2D eigenvalue weighted by molar-refractivity contribution is -0.119. The van der Waals surface area contributed by atoms with Crippen LogP contribution in [0.15, 0.2) is 53.4 Å². The van der Waals surface area contributed by atoms with Crippen LogP contribution in [0.1, 0.15) is 23.6 Å². The molecule has 2 aromatic carbocycles. The second-order valence-electron chi connectivity index (χ2n) is 5.10. The Morgan fingerprint density at radius 3 is 2.76 bits per heavy atom. The number of benzene rings is 2. The second-order valence-corrected chi connectivity index (χ2v) is 6.15. The van der Waals surface area contributed by atoms with Crippen LogP contribution in [-0.4, -0.2) is 11.7 Å². The number of carbonyl (C=O) groups excluding carboxylic acids is 1. The fraction of sp³-hybridized carbons (Fsp3) is 0.235. The molecule has 0 saturated carbocycles. The molecule has 0 spiro atoms. The van der Waals surface area contributed by atoms with E-state index in [-0.39, 0.29) is 17.8 Å². The molecule has 1 N–H and O–H groups in total. The first-order valence-corrected chi connectivity index (χ1v) is 7.96. The minimum Gasteiger partial charge on any atom is -0.349 e. The first-order valence-electron chi connectivity index (χ1n) is 6.98. The molecule has 21 heavy (non-hydrogen) atoms. The fourth-order valence-corrected chi connectivity index (χ4v) is 3.33. The quantitative estimate of drug-likeness (QED) is 0.872. The van der Waals surface area contributed by atoms with Gasteiger partial charge in [-0.15, -0.1) is 11.8 Å². The maximum absolute atomic E-state index is 12.8. The molecule has 2 aromatic rings. The van der Waals surface area contributed by atoms with Crippen LogP contribution in [0.2, 0.25) is 0 Å². The van der Waals surface area contributed by atoms with E-state index < -0.39 is 0 Å². The molecule has 108 valence electrons. The number of hydrogen-bond acceptors (Lipinski definition) is 2. The summed E-state index contributed by atoms with van der Waals surface area (Å²) in [6, 6.07) is 14.6. The van der Waals surface area contributed by atoms with Crippen LogP contribution >= 0.6 is 11.8 Å². The van der Waals surface area contributed by atoms with E-state index in [2.05, 4.69) is 17.4 Å². The zero-order chi connectivity index (χ0) is 14.7. The van der Waals surface area contributed by atoms with Crippen LogP contribution in [0, 0.1) is 5.82 Å². The number of rotatable bonds is 4. The summed E-state index contributed by atoms with van der Waals surface area (Å²) in [4.78, 5) is 12.9. The van der Waals surface area contributed by atoms with Gasteiger partial charge in [-0.05, 0) is 48.2 Å². The molecule has 0 aliphatic heterocycles. The number of hydrogen-bond donors (Lipinski definition) is 1. The monoisotopic (exact) mass is 301 g/mol. The van der Waals surface area contributed by atoms with E-state index in [4.69, 9.17) is 0 Å². The Bertz CT molecular complexity index is 641. The predicted molar refractivity (Wildman–Crippen MR) is 82.8 cm³/mol. The summed E-state index contributed by atoms with van der Waals surface area (Å²) >= 11 is 1.42. The van der Waals surface area contributed by atoms with Gasteiger partial charge < -0.3 is 5.32 Å². The molecule has 1 atom stereocenters. The number of amides is 1. The van der Waals surface area contributed by atoms with E-state index >= 15 is 0 Å². The highest BCUT2D eigenvalue weighted by atomic mass is 32.2. The first-order chi connectivity index (χ1) is 10.2. The Morgan fingerprint density at radius 1 is 1.19 bits per heavy atom. The molecule has 1 unspecified atom stereocenters. The number of halogens is 1. The van der Waals surface area contributed by atoms with Gasteiger partial charge in [-0.2, -0.15) is 0 Å².